The Hall–Kier alpha value is -0.745. The molecule has 136 valence electrons. The molecule has 2 aliphatic rings. The Balaban J connectivity index is 2.06. The first-order chi connectivity index (χ1) is 11.1. The van der Waals surface area contributed by atoms with Crippen molar-refractivity contribution < 1.29 is 18.5 Å². The zero-order valence-electron chi connectivity index (χ0n) is 13.8. The number of rotatable bonds is 8. The van der Waals surface area contributed by atoms with E-state index in [4.69, 9.17) is 21.5 Å². The van der Waals surface area contributed by atoms with Crippen molar-refractivity contribution in [1.29, 1.82) is 0 Å². The minimum atomic E-state index is -3.66. The maximum absolute atomic E-state index is 12.6. The summed E-state index contributed by atoms with van der Waals surface area (Å²) >= 11 is 0. The highest BCUT2D eigenvalue weighted by Gasteiger charge is 2.47. The van der Waals surface area contributed by atoms with Crippen molar-refractivity contribution in [1.82, 2.24) is 9.03 Å². The summed E-state index contributed by atoms with van der Waals surface area (Å²) in [5, 5.41) is 18.0. The molecule has 1 saturated heterocycles. The monoisotopic (exact) mass is 358 g/mol. The van der Waals surface area contributed by atoms with Gasteiger partial charge in [-0.05, 0) is 25.6 Å². The summed E-state index contributed by atoms with van der Waals surface area (Å²) in [4.78, 5) is 0. The zero-order chi connectivity index (χ0) is 18.1. The summed E-state index contributed by atoms with van der Waals surface area (Å²) in [6.07, 6.45) is 3.30. The molecule has 0 aromatic carbocycles. The Kier molecular flexibility index (Phi) is 5.91. The van der Waals surface area contributed by atoms with E-state index in [-0.39, 0.29) is 37.4 Å². The van der Waals surface area contributed by atoms with Gasteiger partial charge in [0.15, 0.2) is 0 Å². The molecule has 0 spiro atoms. The molecule has 1 heterocycles. The van der Waals surface area contributed by atoms with E-state index in [0.717, 1.165) is 0 Å². The minimum absolute atomic E-state index is 0.0514. The van der Waals surface area contributed by atoms with Gasteiger partial charge in [0, 0.05) is 31.1 Å². The normalized spacial score (nSPS) is 33.9. The summed E-state index contributed by atoms with van der Waals surface area (Å²) in [6, 6.07) is -0.0804. The van der Waals surface area contributed by atoms with Crippen LogP contribution in [0.2, 0.25) is 6.32 Å². The standard InChI is InChI=1S/C14H27BN4O4S/c1-3-14(17)9-19(8-13(14)10(2)4-5-15(20)21)24(22,23)18-12-6-11(16)7-12/h3,11-13,18,20-21H,1-2,4-9,16-17H2/t11?,12?,13-,14+/m1/s1. The average molecular weight is 358 g/mol. The fourth-order valence-electron chi connectivity index (χ4n) is 3.28. The van der Waals surface area contributed by atoms with E-state index in [9.17, 15) is 8.42 Å². The van der Waals surface area contributed by atoms with Crippen molar-refractivity contribution >= 4 is 17.3 Å². The van der Waals surface area contributed by atoms with Gasteiger partial charge in [-0.15, -0.1) is 6.58 Å². The van der Waals surface area contributed by atoms with Crippen LogP contribution in [0.4, 0.5) is 0 Å². The Morgan fingerprint density at radius 2 is 2.08 bits per heavy atom. The lowest BCUT2D eigenvalue weighted by Gasteiger charge is -2.34. The van der Waals surface area contributed by atoms with Crippen LogP contribution < -0.4 is 16.2 Å². The van der Waals surface area contributed by atoms with E-state index in [2.05, 4.69) is 17.9 Å². The van der Waals surface area contributed by atoms with Crippen LogP contribution in [0.25, 0.3) is 0 Å². The second kappa shape index (κ2) is 7.24. The van der Waals surface area contributed by atoms with Crippen molar-refractivity contribution in [2.24, 2.45) is 17.4 Å². The molecule has 7 N–H and O–H groups in total. The van der Waals surface area contributed by atoms with Gasteiger partial charge in [-0.3, -0.25) is 0 Å². The molecule has 2 atom stereocenters. The van der Waals surface area contributed by atoms with Gasteiger partial charge in [0.05, 0.1) is 5.54 Å². The largest absolute Gasteiger partial charge is 0.451 e. The maximum atomic E-state index is 12.6. The van der Waals surface area contributed by atoms with Gasteiger partial charge in [-0.2, -0.15) is 17.4 Å². The van der Waals surface area contributed by atoms with Crippen molar-refractivity contribution in [3.05, 3.63) is 24.8 Å². The Morgan fingerprint density at radius 3 is 2.58 bits per heavy atom. The Morgan fingerprint density at radius 1 is 1.46 bits per heavy atom. The summed E-state index contributed by atoms with van der Waals surface area (Å²) in [5.41, 5.74) is 11.8. The van der Waals surface area contributed by atoms with Crippen molar-refractivity contribution in [2.45, 2.75) is 43.2 Å². The van der Waals surface area contributed by atoms with Gasteiger partial charge in [-0.25, -0.2) is 0 Å². The molecule has 2 rings (SSSR count). The van der Waals surface area contributed by atoms with Gasteiger partial charge < -0.3 is 21.5 Å². The average Bonchev–Trinajstić information content (AvgIpc) is 2.82. The Bertz CT molecular complexity index is 594. The van der Waals surface area contributed by atoms with Crippen LogP contribution in [0.3, 0.4) is 0 Å². The molecule has 1 aliphatic carbocycles. The highest BCUT2D eigenvalue weighted by atomic mass is 32.2. The molecule has 1 saturated carbocycles. The lowest BCUT2D eigenvalue weighted by atomic mass is 9.76. The molecule has 24 heavy (non-hydrogen) atoms. The Labute approximate surface area is 143 Å². The number of nitrogens with two attached hydrogens (primary N) is 2. The minimum Gasteiger partial charge on any atom is -0.427 e. The second-order valence-electron chi connectivity index (χ2n) is 6.89. The predicted molar refractivity (Wildman–Crippen MR) is 94.0 cm³/mol. The van der Waals surface area contributed by atoms with Gasteiger partial charge in [0.25, 0.3) is 10.2 Å². The zero-order valence-corrected chi connectivity index (χ0v) is 14.6. The summed E-state index contributed by atoms with van der Waals surface area (Å²) in [7, 11) is -5.09. The van der Waals surface area contributed by atoms with E-state index < -0.39 is 22.9 Å². The molecular formula is C14H27BN4O4S. The number of nitrogens with zero attached hydrogens (tertiary/aromatic N) is 1. The van der Waals surface area contributed by atoms with E-state index in [0.29, 0.717) is 24.8 Å². The smallest absolute Gasteiger partial charge is 0.427 e. The summed E-state index contributed by atoms with van der Waals surface area (Å²) in [6.45, 7) is 7.99. The van der Waals surface area contributed by atoms with Crippen molar-refractivity contribution in [3.63, 3.8) is 0 Å². The summed E-state index contributed by atoms with van der Waals surface area (Å²) < 4.78 is 29.1. The first-order valence-corrected chi connectivity index (χ1v) is 9.50. The lowest BCUT2D eigenvalue weighted by Crippen LogP contribution is -2.54. The predicted octanol–water partition coefficient (Wildman–Crippen LogP) is -1.46. The van der Waals surface area contributed by atoms with E-state index >= 15 is 0 Å². The summed E-state index contributed by atoms with van der Waals surface area (Å²) in [5.74, 6) is -0.325. The molecule has 0 aromatic rings. The highest BCUT2D eigenvalue weighted by molar-refractivity contribution is 7.87. The van der Waals surface area contributed by atoms with Gasteiger partial charge >= 0.3 is 7.12 Å². The molecule has 10 heteroatoms. The number of hydrogen-bond acceptors (Lipinski definition) is 6. The van der Waals surface area contributed by atoms with Crippen LogP contribution in [0.1, 0.15) is 19.3 Å². The molecule has 2 fully saturated rings. The highest BCUT2D eigenvalue weighted by Crippen LogP contribution is 2.35. The molecule has 1 aliphatic heterocycles. The third kappa shape index (κ3) is 4.26. The molecule has 0 bridgehead atoms. The van der Waals surface area contributed by atoms with Gasteiger partial charge in [-0.1, -0.05) is 18.2 Å². The fraction of sp³-hybridized carbons (Fsp3) is 0.714. The topological polar surface area (TPSA) is 142 Å². The third-order valence-electron chi connectivity index (χ3n) is 4.91. The number of nitrogens with one attached hydrogen (secondary N) is 1. The van der Waals surface area contributed by atoms with Crippen molar-refractivity contribution in [2.75, 3.05) is 13.1 Å². The van der Waals surface area contributed by atoms with Crippen LogP contribution in [0, 0.1) is 5.92 Å². The van der Waals surface area contributed by atoms with E-state index in [1.807, 2.05) is 0 Å². The first kappa shape index (κ1) is 19.6. The quantitative estimate of drug-likeness (QED) is 0.265. The van der Waals surface area contributed by atoms with Gasteiger partial charge in [0.2, 0.25) is 0 Å². The van der Waals surface area contributed by atoms with Crippen LogP contribution in [0.5, 0.6) is 0 Å². The number of hydrogen-bond donors (Lipinski definition) is 5. The van der Waals surface area contributed by atoms with E-state index in [1.165, 1.54) is 4.31 Å². The fourth-order valence-corrected chi connectivity index (χ4v) is 4.79. The molecular weight excluding hydrogens is 331 g/mol. The lowest BCUT2D eigenvalue weighted by molar-refractivity contribution is 0.318. The van der Waals surface area contributed by atoms with Crippen LogP contribution in [-0.2, 0) is 10.2 Å². The third-order valence-corrected chi connectivity index (χ3v) is 6.50. The van der Waals surface area contributed by atoms with Crippen LogP contribution >= 0.6 is 0 Å². The molecule has 0 aromatic heterocycles. The van der Waals surface area contributed by atoms with Crippen LogP contribution in [-0.4, -0.2) is 60.6 Å². The molecule has 0 amide bonds. The molecule has 0 unspecified atom stereocenters. The SMILES string of the molecule is C=C[C@]1(N)CN(S(=O)(=O)NC2CC(N)C2)C[C@@H]1C(=C)CCB(O)O. The van der Waals surface area contributed by atoms with E-state index in [1.54, 1.807) is 6.08 Å². The van der Waals surface area contributed by atoms with Crippen molar-refractivity contribution in [3.8, 4) is 0 Å². The first-order valence-electron chi connectivity index (χ1n) is 8.06. The maximum Gasteiger partial charge on any atom is 0.451 e. The van der Waals surface area contributed by atoms with Gasteiger partial charge in [0.1, 0.15) is 0 Å². The van der Waals surface area contributed by atoms with Crippen LogP contribution in [0.15, 0.2) is 24.8 Å². The second-order valence-corrected chi connectivity index (χ2v) is 8.59. The molecule has 0 radical (unpaired) electrons. The molecule has 8 nitrogen and oxygen atoms in total.